The molecule has 1 fully saturated rings. The van der Waals surface area contributed by atoms with Crippen molar-refractivity contribution in [1.82, 2.24) is 20.2 Å². The van der Waals surface area contributed by atoms with Crippen LogP contribution >= 0.6 is 0 Å². The lowest BCUT2D eigenvalue weighted by Crippen LogP contribution is -2.38. The summed E-state index contributed by atoms with van der Waals surface area (Å²) in [5, 5.41) is 4.02. The van der Waals surface area contributed by atoms with Crippen LogP contribution < -0.4 is 5.32 Å². The number of rotatable bonds is 6. The molecule has 0 radical (unpaired) electrons. The average Bonchev–Trinajstić information content (AvgIpc) is 2.89. The lowest BCUT2D eigenvalue weighted by Gasteiger charge is -2.32. The Labute approximate surface area is 205 Å². The molecule has 1 amide bonds. The molecule has 0 saturated carbocycles. The number of carbonyl (C=O) groups excluding carboxylic acids is 1. The first-order valence-corrected chi connectivity index (χ1v) is 12.1. The van der Waals surface area contributed by atoms with Crippen LogP contribution in [-0.2, 0) is 6.54 Å². The van der Waals surface area contributed by atoms with Gasteiger partial charge in [0.15, 0.2) is 0 Å². The molecule has 0 aliphatic carbocycles. The number of aromatic nitrogens is 2. The molecule has 35 heavy (non-hydrogen) atoms. The number of benzene rings is 2. The minimum Gasteiger partial charge on any atom is -0.352 e. The maximum absolute atomic E-state index is 14.0. The van der Waals surface area contributed by atoms with Crippen molar-refractivity contribution in [2.75, 3.05) is 19.6 Å². The maximum atomic E-state index is 14.0. The van der Waals surface area contributed by atoms with Gasteiger partial charge in [-0.15, -0.1) is 0 Å². The van der Waals surface area contributed by atoms with Gasteiger partial charge in [-0.1, -0.05) is 35.9 Å². The molecule has 2 aromatic heterocycles. The van der Waals surface area contributed by atoms with Crippen LogP contribution in [0.25, 0.3) is 22.3 Å². The summed E-state index contributed by atoms with van der Waals surface area (Å²) >= 11 is 0. The summed E-state index contributed by atoms with van der Waals surface area (Å²) in [5.41, 5.74) is 4.66. The number of fused-ring (bicyclic) bond motifs is 1. The molecular formula is C29H29FN4O. The van der Waals surface area contributed by atoms with E-state index in [0.717, 1.165) is 53.7 Å². The molecule has 1 aliphatic heterocycles. The molecule has 5 rings (SSSR count). The second-order valence-corrected chi connectivity index (χ2v) is 9.31. The van der Waals surface area contributed by atoms with Gasteiger partial charge in [0.25, 0.3) is 5.91 Å². The van der Waals surface area contributed by atoms with E-state index in [-0.39, 0.29) is 11.7 Å². The highest BCUT2D eigenvalue weighted by Gasteiger charge is 2.22. The van der Waals surface area contributed by atoms with Crippen molar-refractivity contribution in [1.29, 1.82) is 0 Å². The predicted octanol–water partition coefficient (Wildman–Crippen LogP) is 5.39. The van der Waals surface area contributed by atoms with Gasteiger partial charge in [0.2, 0.25) is 0 Å². The van der Waals surface area contributed by atoms with Crippen molar-refractivity contribution in [2.45, 2.75) is 26.3 Å². The monoisotopic (exact) mass is 468 g/mol. The first-order chi connectivity index (χ1) is 17.1. The van der Waals surface area contributed by atoms with Crippen LogP contribution in [0.4, 0.5) is 4.39 Å². The Bertz CT molecular complexity index is 1330. The Kier molecular flexibility index (Phi) is 6.82. The van der Waals surface area contributed by atoms with Gasteiger partial charge in [-0.25, -0.2) is 9.37 Å². The van der Waals surface area contributed by atoms with Gasteiger partial charge in [-0.05, 0) is 75.2 Å². The van der Waals surface area contributed by atoms with E-state index >= 15 is 0 Å². The van der Waals surface area contributed by atoms with Crippen LogP contribution in [0, 0.1) is 18.7 Å². The summed E-state index contributed by atoms with van der Waals surface area (Å²) in [6.45, 7) is 5.07. The third-order valence-electron chi connectivity index (χ3n) is 6.75. The Morgan fingerprint density at radius 2 is 1.83 bits per heavy atom. The molecule has 1 N–H and O–H groups in total. The number of aryl methyl sites for hydroxylation is 1. The number of nitrogens with one attached hydrogen (secondary N) is 1. The zero-order valence-electron chi connectivity index (χ0n) is 19.9. The molecule has 4 aromatic rings. The molecule has 0 bridgehead atoms. The van der Waals surface area contributed by atoms with Crippen molar-refractivity contribution in [2.24, 2.45) is 5.92 Å². The van der Waals surface area contributed by atoms with Crippen LogP contribution in [0.15, 0.2) is 72.9 Å². The van der Waals surface area contributed by atoms with Crippen molar-refractivity contribution in [3.05, 3.63) is 95.4 Å². The quantitative estimate of drug-likeness (QED) is 0.412. The number of likely N-dealkylation sites (tertiary alicyclic amines) is 1. The van der Waals surface area contributed by atoms with E-state index in [1.165, 1.54) is 6.07 Å². The van der Waals surface area contributed by atoms with Crippen molar-refractivity contribution in [3.63, 3.8) is 0 Å². The molecule has 3 heterocycles. The lowest BCUT2D eigenvalue weighted by molar-refractivity contribution is 0.0936. The Morgan fingerprint density at radius 3 is 2.60 bits per heavy atom. The van der Waals surface area contributed by atoms with Gasteiger partial charge < -0.3 is 5.32 Å². The number of hydrogen-bond acceptors (Lipinski definition) is 4. The first kappa shape index (κ1) is 23.1. The highest BCUT2D eigenvalue weighted by Crippen LogP contribution is 2.25. The minimum absolute atomic E-state index is 0.0889. The topological polar surface area (TPSA) is 58.1 Å². The second kappa shape index (κ2) is 10.3. The van der Waals surface area contributed by atoms with E-state index < -0.39 is 0 Å². The van der Waals surface area contributed by atoms with Crippen LogP contribution in [0.5, 0.6) is 0 Å². The van der Waals surface area contributed by atoms with Gasteiger partial charge in [-0.2, -0.15) is 0 Å². The summed E-state index contributed by atoms with van der Waals surface area (Å²) in [6.07, 6.45) is 3.68. The highest BCUT2D eigenvalue weighted by atomic mass is 19.1. The Hall–Kier alpha value is -3.64. The summed E-state index contributed by atoms with van der Waals surface area (Å²) in [6, 6.07) is 20.5. The Morgan fingerprint density at radius 1 is 1.03 bits per heavy atom. The van der Waals surface area contributed by atoms with Crippen LogP contribution in [0.3, 0.4) is 0 Å². The number of carbonyl (C=O) groups is 1. The predicted molar refractivity (Wildman–Crippen MR) is 136 cm³/mol. The zero-order chi connectivity index (χ0) is 24.2. The number of piperidine rings is 1. The van der Waals surface area contributed by atoms with Gasteiger partial charge >= 0.3 is 0 Å². The van der Waals surface area contributed by atoms with Crippen LogP contribution in [-0.4, -0.2) is 40.4 Å². The molecule has 6 heteroatoms. The molecule has 0 atom stereocenters. The molecule has 2 aromatic carbocycles. The summed E-state index contributed by atoms with van der Waals surface area (Å²) < 4.78 is 14.0. The smallest absolute Gasteiger partial charge is 0.252 e. The first-order valence-electron chi connectivity index (χ1n) is 12.1. The normalized spacial score (nSPS) is 14.8. The van der Waals surface area contributed by atoms with Gasteiger partial charge in [0.05, 0.1) is 22.5 Å². The van der Waals surface area contributed by atoms with E-state index in [0.29, 0.717) is 30.3 Å². The average molecular weight is 469 g/mol. The van der Waals surface area contributed by atoms with E-state index in [1.807, 2.05) is 61.5 Å². The summed E-state index contributed by atoms with van der Waals surface area (Å²) in [4.78, 5) is 24.8. The third-order valence-corrected chi connectivity index (χ3v) is 6.75. The minimum atomic E-state index is -0.147. The van der Waals surface area contributed by atoms with Crippen molar-refractivity contribution < 1.29 is 9.18 Å². The van der Waals surface area contributed by atoms with Crippen molar-refractivity contribution in [3.8, 4) is 11.4 Å². The van der Waals surface area contributed by atoms with Crippen LogP contribution in [0.2, 0.25) is 0 Å². The SMILES string of the molecule is Cc1ccc2nc(-c3ccccn3)cc(C(=O)NCC3CCN(Cc4ccccc4F)CC3)c2c1. The number of pyridine rings is 2. The summed E-state index contributed by atoms with van der Waals surface area (Å²) in [5.74, 6) is 0.168. The van der Waals surface area contributed by atoms with Crippen LogP contribution in [0.1, 0.15) is 34.3 Å². The molecule has 0 unspecified atom stereocenters. The fourth-order valence-corrected chi connectivity index (χ4v) is 4.72. The third kappa shape index (κ3) is 5.38. The van der Waals surface area contributed by atoms with E-state index in [1.54, 1.807) is 12.3 Å². The van der Waals surface area contributed by atoms with Gasteiger partial charge in [-0.3, -0.25) is 14.7 Å². The molecule has 0 spiro atoms. The summed E-state index contributed by atoms with van der Waals surface area (Å²) in [7, 11) is 0. The van der Waals surface area contributed by atoms with Gasteiger partial charge in [0, 0.05) is 30.2 Å². The number of halogens is 1. The fraction of sp³-hybridized carbons (Fsp3) is 0.276. The maximum Gasteiger partial charge on any atom is 0.252 e. The standard InChI is InChI=1S/C29H29FN4O/c1-20-9-10-26-23(16-20)24(17-28(33-26)27-8-4-5-13-31-27)29(35)32-18-21-11-14-34(15-12-21)19-22-6-2-3-7-25(22)30/h2-10,13,16-17,21H,11-12,14-15,18-19H2,1H3,(H,32,35). The second-order valence-electron chi connectivity index (χ2n) is 9.31. The van der Waals surface area contributed by atoms with E-state index in [4.69, 9.17) is 4.98 Å². The fourth-order valence-electron chi connectivity index (χ4n) is 4.72. The van der Waals surface area contributed by atoms with E-state index in [9.17, 15) is 9.18 Å². The van der Waals surface area contributed by atoms with Gasteiger partial charge in [0.1, 0.15) is 5.82 Å². The molecule has 1 aliphatic rings. The number of nitrogens with zero attached hydrogens (tertiary/aromatic N) is 3. The largest absolute Gasteiger partial charge is 0.352 e. The Balaban J connectivity index is 1.26. The number of amides is 1. The zero-order valence-corrected chi connectivity index (χ0v) is 19.9. The lowest BCUT2D eigenvalue weighted by atomic mass is 9.96. The molecule has 178 valence electrons. The molecular weight excluding hydrogens is 439 g/mol. The highest BCUT2D eigenvalue weighted by molar-refractivity contribution is 6.07. The number of hydrogen-bond donors (Lipinski definition) is 1. The van der Waals surface area contributed by atoms with E-state index in [2.05, 4.69) is 15.2 Å². The molecule has 5 nitrogen and oxygen atoms in total. The molecule has 1 saturated heterocycles. The van der Waals surface area contributed by atoms with Crippen molar-refractivity contribution >= 4 is 16.8 Å².